The predicted octanol–water partition coefficient (Wildman–Crippen LogP) is 3.70. The van der Waals surface area contributed by atoms with Crippen molar-refractivity contribution in [1.29, 1.82) is 0 Å². The Labute approximate surface area is 169 Å². The molecule has 0 atom stereocenters. The SMILES string of the molecule is Cc1ccc(OCc2nc(Cn3cnc4cc([N+](=O)[O-])ccc4c3=O)cs2)cc1. The molecule has 0 aliphatic rings. The van der Waals surface area contributed by atoms with Crippen LogP contribution in [0.4, 0.5) is 5.69 Å². The van der Waals surface area contributed by atoms with Gasteiger partial charge >= 0.3 is 0 Å². The van der Waals surface area contributed by atoms with Crippen LogP contribution in [-0.4, -0.2) is 19.5 Å². The van der Waals surface area contributed by atoms with Gasteiger partial charge in [-0.2, -0.15) is 0 Å². The average Bonchev–Trinajstić information content (AvgIpc) is 3.17. The number of aryl methyl sites for hydroxylation is 1. The lowest BCUT2D eigenvalue weighted by Gasteiger charge is -2.05. The molecule has 29 heavy (non-hydrogen) atoms. The van der Waals surface area contributed by atoms with Gasteiger partial charge in [-0.3, -0.25) is 19.5 Å². The van der Waals surface area contributed by atoms with E-state index in [1.807, 2.05) is 36.6 Å². The molecule has 0 radical (unpaired) electrons. The van der Waals surface area contributed by atoms with Crippen molar-refractivity contribution in [3.8, 4) is 5.75 Å². The number of hydrogen-bond acceptors (Lipinski definition) is 7. The van der Waals surface area contributed by atoms with Crippen molar-refractivity contribution in [2.45, 2.75) is 20.1 Å². The summed E-state index contributed by atoms with van der Waals surface area (Å²) in [6.07, 6.45) is 1.39. The van der Waals surface area contributed by atoms with Gasteiger partial charge in [0.25, 0.3) is 11.2 Å². The topological polar surface area (TPSA) is 100 Å². The number of aromatic nitrogens is 3. The van der Waals surface area contributed by atoms with E-state index in [0.29, 0.717) is 17.5 Å². The number of thiazole rings is 1. The Balaban J connectivity index is 1.49. The highest BCUT2D eigenvalue weighted by molar-refractivity contribution is 7.09. The number of hydrogen-bond donors (Lipinski definition) is 0. The van der Waals surface area contributed by atoms with Gasteiger partial charge in [-0.25, -0.2) is 9.97 Å². The summed E-state index contributed by atoms with van der Waals surface area (Å²) >= 11 is 1.46. The molecule has 0 saturated heterocycles. The number of non-ortho nitro benzene ring substituents is 1. The lowest BCUT2D eigenvalue weighted by molar-refractivity contribution is -0.384. The summed E-state index contributed by atoms with van der Waals surface area (Å²) < 4.78 is 7.17. The van der Waals surface area contributed by atoms with Crippen LogP contribution in [0.25, 0.3) is 10.9 Å². The van der Waals surface area contributed by atoms with E-state index in [2.05, 4.69) is 9.97 Å². The van der Waals surface area contributed by atoms with Crippen LogP contribution in [0, 0.1) is 17.0 Å². The zero-order valence-electron chi connectivity index (χ0n) is 15.4. The Kier molecular flexibility index (Phi) is 5.05. The summed E-state index contributed by atoms with van der Waals surface area (Å²) in [5.41, 5.74) is 1.82. The average molecular weight is 408 g/mol. The highest BCUT2D eigenvalue weighted by Gasteiger charge is 2.12. The third-order valence-electron chi connectivity index (χ3n) is 4.33. The van der Waals surface area contributed by atoms with Gasteiger partial charge in [0.2, 0.25) is 0 Å². The highest BCUT2D eigenvalue weighted by atomic mass is 32.1. The molecule has 0 amide bonds. The molecule has 0 aliphatic carbocycles. The lowest BCUT2D eigenvalue weighted by Crippen LogP contribution is -2.21. The highest BCUT2D eigenvalue weighted by Crippen LogP contribution is 2.18. The van der Waals surface area contributed by atoms with Gasteiger partial charge in [-0.1, -0.05) is 17.7 Å². The molecule has 4 aromatic rings. The molecule has 0 unspecified atom stereocenters. The summed E-state index contributed by atoms with van der Waals surface area (Å²) in [5.74, 6) is 0.774. The Hall–Kier alpha value is -3.59. The summed E-state index contributed by atoms with van der Waals surface area (Å²) in [4.78, 5) is 31.7. The van der Waals surface area contributed by atoms with E-state index in [1.54, 1.807) is 0 Å². The Morgan fingerprint density at radius 1 is 1.21 bits per heavy atom. The number of nitro groups is 1. The fourth-order valence-electron chi connectivity index (χ4n) is 2.81. The van der Waals surface area contributed by atoms with Gasteiger partial charge < -0.3 is 4.74 Å². The van der Waals surface area contributed by atoms with Crippen molar-refractivity contribution in [2.75, 3.05) is 0 Å². The van der Waals surface area contributed by atoms with Crippen LogP contribution in [0.1, 0.15) is 16.3 Å². The van der Waals surface area contributed by atoms with Crippen molar-refractivity contribution in [2.24, 2.45) is 0 Å². The van der Waals surface area contributed by atoms with E-state index in [1.165, 1.54) is 40.4 Å². The zero-order chi connectivity index (χ0) is 20.4. The molecule has 0 saturated carbocycles. The molecule has 0 aliphatic heterocycles. The molecule has 0 fully saturated rings. The molecular weight excluding hydrogens is 392 g/mol. The molecule has 8 nitrogen and oxygen atoms in total. The largest absolute Gasteiger partial charge is 0.486 e. The van der Waals surface area contributed by atoms with Crippen molar-refractivity contribution >= 4 is 27.9 Å². The molecule has 2 aromatic heterocycles. The first-order valence-electron chi connectivity index (χ1n) is 8.76. The molecule has 0 bridgehead atoms. The van der Waals surface area contributed by atoms with Crippen LogP contribution in [0.15, 0.2) is 59.0 Å². The van der Waals surface area contributed by atoms with E-state index >= 15 is 0 Å². The van der Waals surface area contributed by atoms with Gasteiger partial charge in [0.15, 0.2) is 0 Å². The van der Waals surface area contributed by atoms with Crippen LogP contribution in [0.2, 0.25) is 0 Å². The first-order chi connectivity index (χ1) is 14.0. The molecule has 2 heterocycles. The summed E-state index contributed by atoms with van der Waals surface area (Å²) in [5, 5.41) is 13.9. The van der Waals surface area contributed by atoms with Crippen molar-refractivity contribution in [3.63, 3.8) is 0 Å². The zero-order valence-corrected chi connectivity index (χ0v) is 16.3. The second-order valence-corrected chi connectivity index (χ2v) is 7.41. The Bertz CT molecular complexity index is 1250. The number of rotatable bonds is 6. The minimum atomic E-state index is -0.512. The van der Waals surface area contributed by atoms with Gasteiger partial charge in [0.1, 0.15) is 17.4 Å². The van der Waals surface area contributed by atoms with Crippen LogP contribution in [0.5, 0.6) is 5.75 Å². The quantitative estimate of drug-likeness (QED) is 0.356. The van der Waals surface area contributed by atoms with Crippen molar-refractivity contribution in [1.82, 2.24) is 14.5 Å². The van der Waals surface area contributed by atoms with E-state index in [9.17, 15) is 14.9 Å². The lowest BCUT2D eigenvalue weighted by atomic mass is 10.2. The van der Waals surface area contributed by atoms with Crippen molar-refractivity contribution < 1.29 is 9.66 Å². The molecule has 9 heteroatoms. The van der Waals surface area contributed by atoms with E-state index in [0.717, 1.165) is 22.0 Å². The van der Waals surface area contributed by atoms with E-state index in [-0.39, 0.29) is 17.8 Å². The smallest absolute Gasteiger partial charge is 0.271 e. The van der Waals surface area contributed by atoms with E-state index < -0.39 is 4.92 Å². The van der Waals surface area contributed by atoms with Crippen molar-refractivity contribution in [3.05, 3.63) is 90.9 Å². The summed E-state index contributed by atoms with van der Waals surface area (Å²) in [6.45, 7) is 2.63. The molecule has 0 N–H and O–H groups in total. The second-order valence-electron chi connectivity index (χ2n) is 6.47. The molecule has 4 rings (SSSR count). The number of benzene rings is 2. The van der Waals surface area contributed by atoms with E-state index in [4.69, 9.17) is 4.74 Å². The first-order valence-corrected chi connectivity index (χ1v) is 9.64. The maximum Gasteiger partial charge on any atom is 0.271 e. The number of fused-ring (bicyclic) bond motifs is 1. The second kappa shape index (κ2) is 7.80. The Morgan fingerprint density at radius 2 is 2.00 bits per heavy atom. The monoisotopic (exact) mass is 408 g/mol. The summed E-state index contributed by atoms with van der Waals surface area (Å²) in [6, 6.07) is 11.8. The van der Waals surface area contributed by atoms with Gasteiger partial charge in [-0.15, -0.1) is 11.3 Å². The normalized spacial score (nSPS) is 10.9. The molecule has 146 valence electrons. The Morgan fingerprint density at radius 3 is 2.76 bits per heavy atom. The van der Waals surface area contributed by atoms with Gasteiger partial charge in [0, 0.05) is 17.5 Å². The minimum absolute atomic E-state index is 0.0973. The standard InChI is InChI=1S/C20H16N4O4S/c1-13-2-5-16(6-3-13)28-10-19-22-14(11-29-19)9-23-12-21-18-8-15(24(26)27)4-7-17(18)20(23)25/h2-8,11-12H,9-10H2,1H3. The van der Waals surface area contributed by atoms with Gasteiger partial charge in [0.05, 0.1) is 34.4 Å². The number of nitrogens with zero attached hydrogens (tertiary/aromatic N) is 4. The van der Waals surface area contributed by atoms with Crippen LogP contribution in [-0.2, 0) is 13.2 Å². The molecule has 0 spiro atoms. The third-order valence-corrected chi connectivity index (χ3v) is 5.21. The maximum atomic E-state index is 12.7. The number of ether oxygens (including phenoxy) is 1. The molecular formula is C20H16N4O4S. The first kappa shape index (κ1) is 18.8. The van der Waals surface area contributed by atoms with Crippen LogP contribution in [0.3, 0.4) is 0 Å². The minimum Gasteiger partial charge on any atom is -0.486 e. The van der Waals surface area contributed by atoms with Gasteiger partial charge in [-0.05, 0) is 25.1 Å². The number of nitro benzene ring substituents is 1. The third kappa shape index (κ3) is 4.14. The summed E-state index contributed by atoms with van der Waals surface area (Å²) in [7, 11) is 0. The fourth-order valence-corrected chi connectivity index (χ4v) is 3.51. The maximum absolute atomic E-state index is 12.7. The van der Waals surface area contributed by atoms with Crippen LogP contribution < -0.4 is 10.3 Å². The fraction of sp³-hybridized carbons (Fsp3) is 0.150. The molecule has 2 aromatic carbocycles. The van der Waals surface area contributed by atoms with Crippen LogP contribution >= 0.6 is 11.3 Å². The predicted molar refractivity (Wildman–Crippen MR) is 109 cm³/mol.